The summed E-state index contributed by atoms with van der Waals surface area (Å²) in [6.45, 7) is 0. The first-order valence-electron chi connectivity index (χ1n) is 8.89. The molecule has 0 unspecified atom stereocenters. The van der Waals surface area contributed by atoms with Crippen molar-refractivity contribution < 1.29 is 24.2 Å². The van der Waals surface area contributed by atoms with E-state index < -0.39 is 11.9 Å². The maximum Gasteiger partial charge on any atom is 0.352 e. The van der Waals surface area contributed by atoms with E-state index in [2.05, 4.69) is 5.32 Å². The monoisotopic (exact) mass is 423 g/mol. The third-order valence-electron chi connectivity index (χ3n) is 4.07. The molecule has 1 amide bonds. The van der Waals surface area contributed by atoms with E-state index in [0.29, 0.717) is 33.4 Å². The van der Waals surface area contributed by atoms with Crippen LogP contribution < -0.4 is 14.8 Å². The van der Waals surface area contributed by atoms with Crippen molar-refractivity contribution in [1.82, 2.24) is 5.32 Å². The fourth-order valence-corrected chi connectivity index (χ4v) is 2.76. The topological polar surface area (TPSA) is 84.9 Å². The first-order chi connectivity index (χ1) is 14.5. The second-order valence-corrected chi connectivity index (χ2v) is 6.56. The standard InChI is InChI=1S/C23H18ClNO5/c1-29-18-11-12-21(19(24)14-18)30-17-9-7-15(8-10-17)13-20(23(27)28)25-22(26)16-5-3-2-4-6-16/h2-14H,1H3,(H,25,26)(H,27,28). The second-order valence-electron chi connectivity index (χ2n) is 6.15. The van der Waals surface area contributed by atoms with Gasteiger partial charge >= 0.3 is 5.97 Å². The number of aliphatic carboxylic acids is 1. The number of carbonyl (C=O) groups is 2. The van der Waals surface area contributed by atoms with Gasteiger partial charge in [0, 0.05) is 11.6 Å². The fourth-order valence-electron chi connectivity index (χ4n) is 2.55. The second kappa shape index (κ2) is 9.62. The summed E-state index contributed by atoms with van der Waals surface area (Å²) in [6, 6.07) is 20.1. The van der Waals surface area contributed by atoms with Gasteiger partial charge in [-0.2, -0.15) is 0 Å². The van der Waals surface area contributed by atoms with Crippen molar-refractivity contribution in [1.29, 1.82) is 0 Å². The Hall–Kier alpha value is -3.77. The summed E-state index contributed by atoms with van der Waals surface area (Å²) >= 11 is 6.17. The molecule has 0 aliphatic heterocycles. The summed E-state index contributed by atoms with van der Waals surface area (Å²) in [4.78, 5) is 23.8. The van der Waals surface area contributed by atoms with E-state index in [0.717, 1.165) is 0 Å². The summed E-state index contributed by atoms with van der Waals surface area (Å²) in [5, 5.41) is 12.2. The lowest BCUT2D eigenvalue weighted by atomic mass is 10.1. The maximum absolute atomic E-state index is 12.2. The third kappa shape index (κ3) is 5.40. The van der Waals surface area contributed by atoms with Gasteiger partial charge in [-0.05, 0) is 48.0 Å². The highest BCUT2D eigenvalue weighted by Gasteiger charge is 2.13. The van der Waals surface area contributed by atoms with Crippen molar-refractivity contribution in [2.45, 2.75) is 0 Å². The zero-order valence-corrected chi connectivity index (χ0v) is 16.7. The van der Waals surface area contributed by atoms with Crippen LogP contribution in [0.5, 0.6) is 17.2 Å². The van der Waals surface area contributed by atoms with E-state index >= 15 is 0 Å². The van der Waals surface area contributed by atoms with Gasteiger partial charge in [0.2, 0.25) is 0 Å². The molecule has 0 spiro atoms. The highest BCUT2D eigenvalue weighted by Crippen LogP contribution is 2.32. The SMILES string of the molecule is COc1ccc(Oc2ccc(C=C(NC(=O)c3ccccc3)C(=O)O)cc2)c(Cl)c1. The fraction of sp³-hybridized carbons (Fsp3) is 0.0435. The lowest BCUT2D eigenvalue weighted by Crippen LogP contribution is -2.27. The lowest BCUT2D eigenvalue weighted by molar-refractivity contribution is -0.132. The molecule has 3 aromatic rings. The Morgan fingerprint density at radius 1 is 0.967 bits per heavy atom. The molecule has 0 atom stereocenters. The first-order valence-corrected chi connectivity index (χ1v) is 9.27. The minimum absolute atomic E-state index is 0.240. The van der Waals surface area contributed by atoms with Gasteiger partial charge in [-0.3, -0.25) is 4.79 Å². The molecular formula is C23H18ClNO5. The van der Waals surface area contributed by atoms with Crippen LogP contribution in [-0.4, -0.2) is 24.1 Å². The van der Waals surface area contributed by atoms with E-state index in [1.165, 1.54) is 6.08 Å². The van der Waals surface area contributed by atoms with Crippen LogP contribution in [0.25, 0.3) is 6.08 Å². The van der Waals surface area contributed by atoms with Crippen molar-refractivity contribution in [2.24, 2.45) is 0 Å². The van der Waals surface area contributed by atoms with Crippen molar-refractivity contribution in [3.05, 3.63) is 94.6 Å². The maximum atomic E-state index is 12.2. The van der Waals surface area contributed by atoms with Gasteiger partial charge in [0.05, 0.1) is 12.1 Å². The average Bonchev–Trinajstić information content (AvgIpc) is 2.76. The van der Waals surface area contributed by atoms with Crippen molar-refractivity contribution >= 4 is 29.6 Å². The molecule has 3 aromatic carbocycles. The predicted molar refractivity (Wildman–Crippen MR) is 114 cm³/mol. The Labute approximate surface area is 178 Å². The number of nitrogens with one attached hydrogen (secondary N) is 1. The molecule has 0 aliphatic carbocycles. The van der Waals surface area contributed by atoms with Crippen LogP contribution in [0.15, 0.2) is 78.5 Å². The Morgan fingerprint density at radius 2 is 1.63 bits per heavy atom. The lowest BCUT2D eigenvalue weighted by Gasteiger charge is -2.09. The number of carboxylic acids is 1. The number of hydrogen-bond acceptors (Lipinski definition) is 4. The summed E-state index contributed by atoms with van der Waals surface area (Å²) in [5.74, 6) is -0.152. The largest absolute Gasteiger partial charge is 0.497 e. The van der Waals surface area contributed by atoms with Crippen LogP contribution in [0.3, 0.4) is 0 Å². The van der Waals surface area contributed by atoms with Gasteiger partial charge in [0.15, 0.2) is 0 Å². The summed E-state index contributed by atoms with van der Waals surface area (Å²) in [5.41, 5.74) is 0.703. The van der Waals surface area contributed by atoms with Crippen molar-refractivity contribution in [2.75, 3.05) is 7.11 Å². The summed E-state index contributed by atoms with van der Waals surface area (Å²) < 4.78 is 10.8. The van der Waals surface area contributed by atoms with E-state index in [4.69, 9.17) is 21.1 Å². The molecule has 6 nitrogen and oxygen atoms in total. The van der Waals surface area contributed by atoms with Crippen LogP contribution in [0.4, 0.5) is 0 Å². The number of hydrogen-bond donors (Lipinski definition) is 2. The minimum atomic E-state index is -1.25. The molecule has 0 saturated heterocycles. The number of rotatable bonds is 7. The van der Waals surface area contributed by atoms with E-state index in [1.807, 2.05) is 0 Å². The smallest absolute Gasteiger partial charge is 0.352 e. The van der Waals surface area contributed by atoms with Crippen molar-refractivity contribution in [3.63, 3.8) is 0 Å². The van der Waals surface area contributed by atoms with Crippen LogP contribution in [0, 0.1) is 0 Å². The van der Waals surface area contributed by atoms with Gasteiger partial charge in [0.1, 0.15) is 22.9 Å². The number of carbonyl (C=O) groups excluding carboxylic acids is 1. The number of ether oxygens (including phenoxy) is 2. The van der Waals surface area contributed by atoms with Gasteiger partial charge in [0.25, 0.3) is 5.91 Å². The van der Waals surface area contributed by atoms with Crippen LogP contribution in [-0.2, 0) is 4.79 Å². The van der Waals surface area contributed by atoms with Crippen LogP contribution in [0.1, 0.15) is 15.9 Å². The number of carboxylic acid groups (broad SMARTS) is 1. The molecule has 0 heterocycles. The molecule has 30 heavy (non-hydrogen) atoms. The van der Waals surface area contributed by atoms with Gasteiger partial charge in [-0.1, -0.05) is 41.9 Å². The zero-order chi connectivity index (χ0) is 21.5. The zero-order valence-electron chi connectivity index (χ0n) is 16.0. The molecule has 2 N–H and O–H groups in total. The average molecular weight is 424 g/mol. The number of methoxy groups -OCH3 is 1. The first kappa shape index (κ1) is 21.0. The highest BCUT2D eigenvalue weighted by molar-refractivity contribution is 6.32. The van der Waals surface area contributed by atoms with E-state index in [9.17, 15) is 14.7 Å². The summed E-state index contributed by atoms with van der Waals surface area (Å²) in [6.07, 6.45) is 1.37. The third-order valence-corrected chi connectivity index (χ3v) is 4.37. The molecule has 0 bridgehead atoms. The van der Waals surface area contributed by atoms with Crippen LogP contribution in [0.2, 0.25) is 5.02 Å². The molecule has 0 saturated carbocycles. The molecule has 3 rings (SSSR count). The molecule has 152 valence electrons. The molecule has 7 heteroatoms. The highest BCUT2D eigenvalue weighted by atomic mass is 35.5. The van der Waals surface area contributed by atoms with E-state index in [-0.39, 0.29) is 5.70 Å². The molecule has 0 aliphatic rings. The van der Waals surface area contributed by atoms with Crippen LogP contribution >= 0.6 is 11.6 Å². The quantitative estimate of drug-likeness (QED) is 0.522. The number of halogens is 1. The van der Waals surface area contributed by atoms with Gasteiger partial charge < -0.3 is 19.9 Å². The molecular weight excluding hydrogens is 406 g/mol. The van der Waals surface area contributed by atoms with E-state index in [1.54, 1.807) is 79.9 Å². The van der Waals surface area contributed by atoms with Gasteiger partial charge in [-0.15, -0.1) is 0 Å². The van der Waals surface area contributed by atoms with Gasteiger partial charge in [-0.25, -0.2) is 4.79 Å². The molecule has 0 fully saturated rings. The number of amides is 1. The Balaban J connectivity index is 1.74. The minimum Gasteiger partial charge on any atom is -0.497 e. The summed E-state index contributed by atoms with van der Waals surface area (Å²) in [7, 11) is 1.55. The molecule has 0 aromatic heterocycles. The normalized spacial score (nSPS) is 10.9. The Bertz CT molecular complexity index is 1080. The van der Waals surface area contributed by atoms with Crippen molar-refractivity contribution in [3.8, 4) is 17.2 Å². The number of benzene rings is 3. The Morgan fingerprint density at radius 3 is 2.23 bits per heavy atom. The molecule has 0 radical (unpaired) electrons. The Kier molecular flexibility index (Phi) is 6.72. The predicted octanol–water partition coefficient (Wildman–Crippen LogP) is 5.00.